The summed E-state index contributed by atoms with van der Waals surface area (Å²) in [5.41, 5.74) is 0. The standard InChI is InChI=1S/C11H18O6S/c1-3-15-11(12)10-5-7-4-8(6-9(7)16-10)17-18(2,13)14/h7-10H,3-6H2,1-2H3/t7-,8-,9-,10-/m0/s1. The maximum Gasteiger partial charge on any atom is 0.335 e. The van der Waals surface area contributed by atoms with Crippen LogP contribution < -0.4 is 0 Å². The number of carbonyl (C=O) groups is 1. The Kier molecular flexibility index (Phi) is 3.93. The van der Waals surface area contributed by atoms with Crippen LogP contribution in [0.15, 0.2) is 0 Å². The molecule has 1 saturated heterocycles. The molecule has 0 spiro atoms. The maximum atomic E-state index is 11.5. The fourth-order valence-corrected chi connectivity index (χ4v) is 3.36. The van der Waals surface area contributed by atoms with Gasteiger partial charge in [0.1, 0.15) is 0 Å². The van der Waals surface area contributed by atoms with Gasteiger partial charge >= 0.3 is 5.97 Å². The van der Waals surface area contributed by atoms with Crippen molar-refractivity contribution in [1.29, 1.82) is 0 Å². The van der Waals surface area contributed by atoms with E-state index in [2.05, 4.69) is 0 Å². The molecule has 0 N–H and O–H groups in total. The molecule has 0 amide bonds. The largest absolute Gasteiger partial charge is 0.464 e. The second kappa shape index (κ2) is 5.14. The highest BCUT2D eigenvalue weighted by Crippen LogP contribution is 2.41. The molecule has 2 rings (SSSR count). The molecule has 2 fully saturated rings. The molecular formula is C11H18O6S. The van der Waals surface area contributed by atoms with E-state index < -0.39 is 16.2 Å². The quantitative estimate of drug-likeness (QED) is 0.549. The molecule has 0 aromatic carbocycles. The van der Waals surface area contributed by atoms with E-state index in [0.717, 1.165) is 6.26 Å². The van der Waals surface area contributed by atoms with E-state index in [9.17, 15) is 13.2 Å². The molecular weight excluding hydrogens is 260 g/mol. The smallest absolute Gasteiger partial charge is 0.335 e. The summed E-state index contributed by atoms with van der Waals surface area (Å²) in [4.78, 5) is 11.5. The average molecular weight is 278 g/mol. The van der Waals surface area contributed by atoms with E-state index in [-0.39, 0.29) is 24.1 Å². The van der Waals surface area contributed by atoms with Crippen molar-refractivity contribution in [3.05, 3.63) is 0 Å². The average Bonchev–Trinajstić information content (AvgIpc) is 2.72. The molecule has 1 saturated carbocycles. The summed E-state index contributed by atoms with van der Waals surface area (Å²) in [6.07, 6.45) is 1.86. The minimum absolute atomic E-state index is 0.0915. The minimum Gasteiger partial charge on any atom is -0.464 e. The summed E-state index contributed by atoms with van der Waals surface area (Å²) in [6.45, 7) is 2.09. The molecule has 18 heavy (non-hydrogen) atoms. The third kappa shape index (κ3) is 3.21. The summed E-state index contributed by atoms with van der Waals surface area (Å²) in [5, 5.41) is 0. The lowest BCUT2D eigenvalue weighted by molar-refractivity contribution is -0.156. The van der Waals surface area contributed by atoms with Crippen molar-refractivity contribution in [2.24, 2.45) is 5.92 Å². The highest BCUT2D eigenvalue weighted by atomic mass is 32.2. The second-order valence-corrected chi connectivity index (χ2v) is 6.41. The van der Waals surface area contributed by atoms with Crippen molar-refractivity contribution in [2.45, 2.75) is 44.5 Å². The van der Waals surface area contributed by atoms with Gasteiger partial charge in [-0.2, -0.15) is 8.42 Å². The van der Waals surface area contributed by atoms with Crippen molar-refractivity contribution >= 4 is 16.1 Å². The van der Waals surface area contributed by atoms with Crippen molar-refractivity contribution < 1.29 is 26.9 Å². The van der Waals surface area contributed by atoms with E-state index in [1.807, 2.05) is 0 Å². The van der Waals surface area contributed by atoms with Gasteiger partial charge in [-0.25, -0.2) is 4.79 Å². The fraction of sp³-hybridized carbons (Fsp3) is 0.909. The Hall–Kier alpha value is -0.660. The monoisotopic (exact) mass is 278 g/mol. The molecule has 1 aliphatic carbocycles. The summed E-state index contributed by atoms with van der Waals surface area (Å²) in [5.74, 6) is -0.140. The number of hydrogen-bond donors (Lipinski definition) is 0. The zero-order valence-electron chi connectivity index (χ0n) is 10.5. The highest BCUT2D eigenvalue weighted by Gasteiger charge is 2.46. The molecule has 104 valence electrons. The molecule has 6 nitrogen and oxygen atoms in total. The first-order chi connectivity index (χ1) is 8.39. The van der Waals surface area contributed by atoms with Gasteiger partial charge in [0.25, 0.3) is 10.1 Å². The Bertz CT molecular complexity index is 403. The van der Waals surface area contributed by atoms with Crippen LogP contribution in [0.1, 0.15) is 26.2 Å². The third-order valence-corrected chi connectivity index (χ3v) is 3.92. The van der Waals surface area contributed by atoms with Crippen molar-refractivity contribution in [3.8, 4) is 0 Å². The predicted molar refractivity (Wildman–Crippen MR) is 62.4 cm³/mol. The summed E-state index contributed by atoms with van der Waals surface area (Å²) in [6, 6.07) is 0. The molecule has 2 aliphatic rings. The predicted octanol–water partition coefficient (Wildman–Crippen LogP) is 0.462. The molecule has 0 bridgehead atoms. The molecule has 4 atom stereocenters. The first kappa shape index (κ1) is 13.8. The molecule has 0 unspecified atom stereocenters. The second-order valence-electron chi connectivity index (χ2n) is 4.80. The Morgan fingerprint density at radius 3 is 2.61 bits per heavy atom. The third-order valence-electron chi connectivity index (χ3n) is 3.30. The van der Waals surface area contributed by atoms with E-state index in [1.54, 1.807) is 6.92 Å². The molecule has 1 heterocycles. The number of carbonyl (C=O) groups excluding carboxylic acids is 1. The lowest BCUT2D eigenvalue weighted by Gasteiger charge is -2.14. The molecule has 0 aromatic heterocycles. The molecule has 7 heteroatoms. The molecule has 1 aliphatic heterocycles. The number of rotatable bonds is 4. The first-order valence-corrected chi connectivity index (χ1v) is 7.91. The Morgan fingerprint density at radius 1 is 1.33 bits per heavy atom. The summed E-state index contributed by atoms with van der Waals surface area (Å²) >= 11 is 0. The zero-order valence-corrected chi connectivity index (χ0v) is 11.3. The summed E-state index contributed by atoms with van der Waals surface area (Å²) in [7, 11) is -3.42. The van der Waals surface area contributed by atoms with E-state index in [4.69, 9.17) is 13.7 Å². The summed E-state index contributed by atoms with van der Waals surface area (Å²) < 4.78 is 37.5. The van der Waals surface area contributed by atoms with Gasteiger partial charge in [0.15, 0.2) is 6.10 Å². The van der Waals surface area contributed by atoms with Gasteiger partial charge in [-0.15, -0.1) is 0 Å². The van der Waals surface area contributed by atoms with Crippen LogP contribution in [0.4, 0.5) is 0 Å². The van der Waals surface area contributed by atoms with Crippen LogP contribution in [0, 0.1) is 5.92 Å². The fourth-order valence-electron chi connectivity index (χ4n) is 2.71. The van der Waals surface area contributed by atoms with Gasteiger partial charge in [-0.1, -0.05) is 0 Å². The first-order valence-electron chi connectivity index (χ1n) is 6.09. The van der Waals surface area contributed by atoms with Crippen LogP contribution in [0.3, 0.4) is 0 Å². The van der Waals surface area contributed by atoms with E-state index in [0.29, 0.717) is 25.9 Å². The molecule has 0 radical (unpaired) electrons. The van der Waals surface area contributed by atoms with Crippen LogP contribution in [0.5, 0.6) is 0 Å². The van der Waals surface area contributed by atoms with Gasteiger partial charge in [0, 0.05) is 6.42 Å². The van der Waals surface area contributed by atoms with Gasteiger partial charge in [0.2, 0.25) is 0 Å². The number of fused-ring (bicyclic) bond motifs is 1. The van der Waals surface area contributed by atoms with Gasteiger partial charge < -0.3 is 9.47 Å². The zero-order chi connectivity index (χ0) is 13.3. The Balaban J connectivity index is 1.86. The molecule has 0 aromatic rings. The van der Waals surface area contributed by atoms with Gasteiger partial charge in [-0.3, -0.25) is 4.18 Å². The SMILES string of the molecule is CCOC(=O)[C@@H]1C[C@@H]2C[C@H](OS(C)(=O)=O)C[C@@H]2O1. The number of ether oxygens (including phenoxy) is 2. The van der Waals surface area contributed by atoms with E-state index in [1.165, 1.54) is 0 Å². The van der Waals surface area contributed by atoms with Gasteiger partial charge in [-0.05, 0) is 25.7 Å². The Morgan fingerprint density at radius 2 is 2.06 bits per heavy atom. The van der Waals surface area contributed by atoms with Crippen LogP contribution in [-0.4, -0.2) is 45.6 Å². The van der Waals surface area contributed by atoms with E-state index >= 15 is 0 Å². The van der Waals surface area contributed by atoms with Crippen LogP contribution in [0.2, 0.25) is 0 Å². The van der Waals surface area contributed by atoms with Crippen molar-refractivity contribution in [1.82, 2.24) is 0 Å². The Labute approximate surface area is 107 Å². The normalized spacial score (nSPS) is 35.4. The van der Waals surface area contributed by atoms with Crippen LogP contribution >= 0.6 is 0 Å². The highest BCUT2D eigenvalue weighted by molar-refractivity contribution is 7.86. The van der Waals surface area contributed by atoms with Crippen molar-refractivity contribution in [3.63, 3.8) is 0 Å². The minimum atomic E-state index is -3.42. The van der Waals surface area contributed by atoms with Crippen LogP contribution in [-0.2, 0) is 28.6 Å². The van der Waals surface area contributed by atoms with Crippen molar-refractivity contribution in [2.75, 3.05) is 12.9 Å². The number of esters is 1. The maximum absolute atomic E-state index is 11.5. The van der Waals surface area contributed by atoms with Crippen LogP contribution in [0.25, 0.3) is 0 Å². The van der Waals surface area contributed by atoms with Gasteiger partial charge in [0.05, 0.1) is 25.1 Å². The topological polar surface area (TPSA) is 78.9 Å². The lowest BCUT2D eigenvalue weighted by atomic mass is 10.0. The lowest BCUT2D eigenvalue weighted by Crippen LogP contribution is -2.25. The number of hydrogen-bond acceptors (Lipinski definition) is 6.